The van der Waals surface area contributed by atoms with Gasteiger partial charge in [0.15, 0.2) is 0 Å². The van der Waals surface area contributed by atoms with Crippen LogP contribution in [0.4, 0.5) is 18.9 Å². The van der Waals surface area contributed by atoms with E-state index in [1.165, 1.54) is 12.1 Å². The molecule has 0 fully saturated rings. The zero-order chi connectivity index (χ0) is 14.5. The van der Waals surface area contributed by atoms with Crippen molar-refractivity contribution < 1.29 is 17.9 Å². The third-order valence-electron chi connectivity index (χ3n) is 2.87. The zero-order valence-corrected chi connectivity index (χ0v) is 11.1. The van der Waals surface area contributed by atoms with Crippen molar-refractivity contribution in [3.63, 3.8) is 0 Å². The van der Waals surface area contributed by atoms with Gasteiger partial charge >= 0.3 is 6.18 Å². The fourth-order valence-electron chi connectivity index (χ4n) is 1.72. The van der Waals surface area contributed by atoms with Crippen LogP contribution in [0.15, 0.2) is 18.2 Å². The Labute approximate surface area is 111 Å². The van der Waals surface area contributed by atoms with Crippen molar-refractivity contribution in [3.05, 3.63) is 23.8 Å². The second-order valence-electron chi connectivity index (χ2n) is 4.13. The fraction of sp³-hybridized carbons (Fsp3) is 0.538. The molecule has 0 aliphatic heterocycles. The van der Waals surface area contributed by atoms with Crippen molar-refractivity contribution in [1.82, 2.24) is 4.90 Å². The molecular formula is C13H19F3N2O. The van der Waals surface area contributed by atoms with E-state index in [4.69, 9.17) is 10.5 Å². The monoisotopic (exact) mass is 276 g/mol. The fourth-order valence-corrected chi connectivity index (χ4v) is 1.72. The highest BCUT2D eigenvalue weighted by atomic mass is 19.4. The van der Waals surface area contributed by atoms with Crippen LogP contribution in [0.5, 0.6) is 5.75 Å². The first-order valence-corrected chi connectivity index (χ1v) is 6.20. The summed E-state index contributed by atoms with van der Waals surface area (Å²) >= 11 is 0. The molecule has 0 bridgehead atoms. The van der Waals surface area contributed by atoms with E-state index in [1.807, 2.05) is 13.8 Å². The number of hydrogen-bond donors (Lipinski definition) is 1. The Bertz CT molecular complexity index is 403. The normalized spacial score (nSPS) is 11.9. The number of benzene rings is 1. The summed E-state index contributed by atoms with van der Waals surface area (Å²) in [6, 6.07) is 3.56. The molecule has 0 heterocycles. The zero-order valence-electron chi connectivity index (χ0n) is 11.1. The quantitative estimate of drug-likeness (QED) is 0.812. The molecule has 108 valence electrons. The minimum absolute atomic E-state index is 0.0726. The Morgan fingerprint density at radius 3 is 2.37 bits per heavy atom. The third kappa shape index (κ3) is 4.63. The lowest BCUT2D eigenvalue weighted by Gasteiger charge is -2.19. The van der Waals surface area contributed by atoms with E-state index in [1.54, 1.807) is 0 Å². The van der Waals surface area contributed by atoms with Gasteiger partial charge < -0.3 is 15.4 Å². The highest BCUT2D eigenvalue weighted by Crippen LogP contribution is 2.37. The number of nitrogens with two attached hydrogens (primary N) is 1. The van der Waals surface area contributed by atoms with Gasteiger partial charge in [0.05, 0.1) is 5.56 Å². The number of ether oxygens (including phenoxy) is 1. The van der Waals surface area contributed by atoms with E-state index in [-0.39, 0.29) is 18.0 Å². The number of nitrogens with zero attached hydrogens (tertiary/aromatic N) is 1. The first kappa shape index (κ1) is 15.6. The minimum atomic E-state index is -4.46. The van der Waals surface area contributed by atoms with Crippen LogP contribution in [-0.2, 0) is 6.18 Å². The van der Waals surface area contributed by atoms with E-state index < -0.39 is 11.7 Å². The maximum Gasteiger partial charge on any atom is 0.420 e. The van der Waals surface area contributed by atoms with Gasteiger partial charge in [0.1, 0.15) is 12.4 Å². The molecule has 0 unspecified atom stereocenters. The maximum atomic E-state index is 12.8. The molecule has 0 saturated carbocycles. The number of nitrogen functional groups attached to an aromatic ring is 1. The van der Waals surface area contributed by atoms with Crippen molar-refractivity contribution in [2.75, 3.05) is 32.0 Å². The summed E-state index contributed by atoms with van der Waals surface area (Å²) in [6.07, 6.45) is -4.46. The molecular weight excluding hydrogens is 257 g/mol. The van der Waals surface area contributed by atoms with Gasteiger partial charge in [-0.15, -0.1) is 0 Å². The Morgan fingerprint density at radius 2 is 1.84 bits per heavy atom. The summed E-state index contributed by atoms with van der Waals surface area (Å²) in [6.45, 7) is 6.48. The predicted molar refractivity (Wildman–Crippen MR) is 69.1 cm³/mol. The lowest BCUT2D eigenvalue weighted by atomic mass is 10.1. The van der Waals surface area contributed by atoms with Gasteiger partial charge in [-0.05, 0) is 31.3 Å². The molecule has 19 heavy (non-hydrogen) atoms. The van der Waals surface area contributed by atoms with Crippen LogP contribution in [0, 0.1) is 0 Å². The van der Waals surface area contributed by atoms with E-state index in [0.29, 0.717) is 6.54 Å². The summed E-state index contributed by atoms with van der Waals surface area (Å²) in [5.74, 6) is -0.172. The second kappa shape index (κ2) is 6.65. The van der Waals surface area contributed by atoms with Gasteiger partial charge in [-0.25, -0.2) is 0 Å². The molecule has 0 atom stereocenters. The third-order valence-corrected chi connectivity index (χ3v) is 2.87. The molecule has 0 aliphatic rings. The van der Waals surface area contributed by atoms with Crippen LogP contribution >= 0.6 is 0 Å². The smallest absolute Gasteiger partial charge is 0.420 e. The number of hydrogen-bond acceptors (Lipinski definition) is 3. The van der Waals surface area contributed by atoms with Crippen LogP contribution in [-0.4, -0.2) is 31.1 Å². The number of anilines is 1. The minimum Gasteiger partial charge on any atom is -0.492 e. The largest absolute Gasteiger partial charge is 0.492 e. The molecule has 0 saturated heterocycles. The highest BCUT2D eigenvalue weighted by Gasteiger charge is 2.34. The molecule has 0 aromatic heterocycles. The Morgan fingerprint density at radius 1 is 1.21 bits per heavy atom. The van der Waals surface area contributed by atoms with Crippen LogP contribution in [0.2, 0.25) is 0 Å². The standard InChI is InChI=1S/C13H19F3N2O/c1-3-18(4-2)7-8-19-12-6-5-10(17)9-11(12)13(14,15)16/h5-6,9H,3-4,7-8,17H2,1-2H3. The van der Waals surface area contributed by atoms with Gasteiger partial charge in [-0.3, -0.25) is 0 Å². The molecule has 1 aromatic carbocycles. The van der Waals surface area contributed by atoms with Crippen molar-refractivity contribution in [2.45, 2.75) is 20.0 Å². The Balaban J connectivity index is 2.73. The molecule has 1 rings (SSSR count). The van der Waals surface area contributed by atoms with Crippen LogP contribution in [0.1, 0.15) is 19.4 Å². The molecule has 0 amide bonds. The van der Waals surface area contributed by atoms with Crippen molar-refractivity contribution in [1.29, 1.82) is 0 Å². The van der Waals surface area contributed by atoms with E-state index in [9.17, 15) is 13.2 Å². The maximum absolute atomic E-state index is 12.8. The van der Waals surface area contributed by atoms with Crippen molar-refractivity contribution >= 4 is 5.69 Å². The van der Waals surface area contributed by atoms with Gasteiger partial charge in [0.25, 0.3) is 0 Å². The van der Waals surface area contributed by atoms with Gasteiger partial charge in [0.2, 0.25) is 0 Å². The van der Waals surface area contributed by atoms with E-state index >= 15 is 0 Å². The van der Waals surface area contributed by atoms with Crippen LogP contribution in [0.3, 0.4) is 0 Å². The van der Waals surface area contributed by atoms with Gasteiger partial charge in [-0.2, -0.15) is 13.2 Å². The molecule has 2 N–H and O–H groups in total. The van der Waals surface area contributed by atoms with Crippen LogP contribution in [0.25, 0.3) is 0 Å². The average molecular weight is 276 g/mol. The Hall–Kier alpha value is -1.43. The topological polar surface area (TPSA) is 38.5 Å². The van der Waals surface area contributed by atoms with Gasteiger partial charge in [-0.1, -0.05) is 13.8 Å². The molecule has 6 heteroatoms. The molecule has 0 spiro atoms. The molecule has 0 aliphatic carbocycles. The second-order valence-corrected chi connectivity index (χ2v) is 4.13. The Kier molecular flexibility index (Phi) is 5.47. The SMILES string of the molecule is CCN(CC)CCOc1ccc(N)cc1C(F)(F)F. The van der Waals surface area contributed by atoms with E-state index in [0.717, 1.165) is 19.2 Å². The molecule has 0 radical (unpaired) electrons. The summed E-state index contributed by atoms with van der Waals surface area (Å²) < 4.78 is 43.6. The van der Waals surface area contributed by atoms with E-state index in [2.05, 4.69) is 4.90 Å². The summed E-state index contributed by atoms with van der Waals surface area (Å²) in [5, 5.41) is 0. The predicted octanol–water partition coefficient (Wildman–Crippen LogP) is 3.01. The molecule has 1 aromatic rings. The summed E-state index contributed by atoms with van der Waals surface area (Å²) in [5.41, 5.74) is 4.63. The van der Waals surface area contributed by atoms with Crippen molar-refractivity contribution in [2.24, 2.45) is 0 Å². The lowest BCUT2D eigenvalue weighted by Crippen LogP contribution is -2.28. The molecule has 3 nitrogen and oxygen atoms in total. The number of rotatable bonds is 6. The average Bonchev–Trinajstić information content (AvgIpc) is 2.35. The van der Waals surface area contributed by atoms with Gasteiger partial charge in [0, 0.05) is 12.2 Å². The summed E-state index contributed by atoms with van der Waals surface area (Å²) in [4.78, 5) is 2.07. The van der Waals surface area contributed by atoms with Crippen molar-refractivity contribution in [3.8, 4) is 5.75 Å². The number of likely N-dealkylation sites (N-methyl/N-ethyl adjacent to an activating group) is 1. The number of halogens is 3. The van der Waals surface area contributed by atoms with Crippen LogP contribution < -0.4 is 10.5 Å². The first-order valence-electron chi connectivity index (χ1n) is 6.20. The highest BCUT2D eigenvalue weighted by molar-refractivity contribution is 5.49. The number of alkyl halides is 3. The first-order chi connectivity index (χ1) is 8.88. The lowest BCUT2D eigenvalue weighted by molar-refractivity contribution is -0.138. The summed E-state index contributed by atoms with van der Waals surface area (Å²) in [7, 11) is 0.